The smallest absolute Gasteiger partial charge is 0.189 e. The number of nitrogens with zero attached hydrogens (tertiary/aromatic N) is 2. The molecule has 0 N–H and O–H groups in total. The third kappa shape index (κ3) is 5.13. The summed E-state index contributed by atoms with van der Waals surface area (Å²) in [7, 11) is 0. The summed E-state index contributed by atoms with van der Waals surface area (Å²) >= 11 is 7.29. The van der Waals surface area contributed by atoms with Crippen LogP contribution in [-0.2, 0) is 21.6 Å². The van der Waals surface area contributed by atoms with E-state index in [9.17, 15) is 8.78 Å². The van der Waals surface area contributed by atoms with Gasteiger partial charge in [-0.15, -0.1) is 0 Å². The molecule has 0 aliphatic carbocycles. The van der Waals surface area contributed by atoms with Gasteiger partial charge in [0.2, 0.25) is 0 Å². The van der Waals surface area contributed by atoms with Crippen molar-refractivity contribution >= 4 is 23.4 Å². The van der Waals surface area contributed by atoms with Crippen molar-refractivity contribution in [2.45, 2.75) is 49.5 Å². The van der Waals surface area contributed by atoms with Crippen LogP contribution in [0, 0.1) is 11.6 Å². The average Bonchev–Trinajstić information content (AvgIpc) is 2.93. The molecule has 2 aromatic rings. The van der Waals surface area contributed by atoms with Crippen molar-refractivity contribution in [1.82, 2.24) is 9.97 Å². The number of benzene rings is 1. The molecule has 1 atom stereocenters. The van der Waals surface area contributed by atoms with Gasteiger partial charge in [-0.05, 0) is 38.8 Å². The summed E-state index contributed by atoms with van der Waals surface area (Å²) in [6.07, 6.45) is 1.42. The molecular formula is C18H19ClF2N2O2S. The third-order valence-electron chi connectivity index (χ3n) is 3.91. The van der Waals surface area contributed by atoms with Crippen molar-refractivity contribution in [3.05, 3.63) is 52.3 Å². The van der Waals surface area contributed by atoms with Gasteiger partial charge >= 0.3 is 0 Å². The second kappa shape index (κ2) is 8.17. The minimum atomic E-state index is -0.863. The van der Waals surface area contributed by atoms with Gasteiger partial charge in [0.15, 0.2) is 22.6 Å². The SMILES string of the molecule is CC1(C)OC[C@@H](CCc2cc(Cl)nc(SCc3cccc(F)c3F)n2)O1. The first kappa shape index (κ1) is 19.5. The van der Waals surface area contributed by atoms with Gasteiger partial charge in [-0.2, -0.15) is 0 Å². The highest BCUT2D eigenvalue weighted by atomic mass is 35.5. The second-order valence-corrected chi connectivity index (χ2v) is 7.79. The molecule has 0 amide bonds. The maximum absolute atomic E-state index is 13.7. The zero-order chi connectivity index (χ0) is 18.7. The molecule has 2 heterocycles. The molecule has 4 nitrogen and oxygen atoms in total. The van der Waals surface area contributed by atoms with Crippen LogP contribution in [-0.4, -0.2) is 28.5 Å². The fourth-order valence-electron chi connectivity index (χ4n) is 2.65. The minimum Gasteiger partial charge on any atom is -0.348 e. The normalized spacial score (nSPS) is 19.0. The number of aromatic nitrogens is 2. The van der Waals surface area contributed by atoms with E-state index in [1.165, 1.54) is 23.9 Å². The van der Waals surface area contributed by atoms with Gasteiger partial charge < -0.3 is 9.47 Å². The molecule has 8 heteroatoms. The number of aryl methyl sites for hydroxylation is 1. The predicted molar refractivity (Wildman–Crippen MR) is 96.2 cm³/mol. The quantitative estimate of drug-likeness (QED) is 0.396. The zero-order valence-corrected chi connectivity index (χ0v) is 16.0. The molecular weight excluding hydrogens is 382 g/mol. The highest BCUT2D eigenvalue weighted by molar-refractivity contribution is 7.98. The van der Waals surface area contributed by atoms with Crippen molar-refractivity contribution in [2.24, 2.45) is 0 Å². The Morgan fingerprint density at radius 2 is 2.12 bits per heavy atom. The van der Waals surface area contributed by atoms with E-state index in [2.05, 4.69) is 9.97 Å². The molecule has 1 aliphatic rings. The van der Waals surface area contributed by atoms with Gasteiger partial charge in [0.05, 0.1) is 12.7 Å². The largest absolute Gasteiger partial charge is 0.348 e. The van der Waals surface area contributed by atoms with Crippen LogP contribution in [0.2, 0.25) is 5.15 Å². The lowest BCUT2D eigenvalue weighted by Crippen LogP contribution is -2.21. The number of ether oxygens (including phenoxy) is 2. The first-order valence-electron chi connectivity index (χ1n) is 8.23. The lowest BCUT2D eigenvalue weighted by atomic mass is 10.1. The fourth-order valence-corrected chi connectivity index (χ4v) is 3.76. The monoisotopic (exact) mass is 400 g/mol. The summed E-state index contributed by atoms with van der Waals surface area (Å²) in [6, 6.07) is 5.81. The van der Waals surface area contributed by atoms with Gasteiger partial charge in [-0.1, -0.05) is 35.5 Å². The van der Waals surface area contributed by atoms with Gasteiger partial charge in [0.25, 0.3) is 0 Å². The van der Waals surface area contributed by atoms with Crippen LogP contribution in [0.25, 0.3) is 0 Å². The van der Waals surface area contributed by atoms with Crippen molar-refractivity contribution in [3.8, 4) is 0 Å². The predicted octanol–water partition coefficient (Wildman–Crippen LogP) is 4.78. The van der Waals surface area contributed by atoms with E-state index in [1.54, 1.807) is 6.07 Å². The van der Waals surface area contributed by atoms with Gasteiger partial charge in [-0.25, -0.2) is 18.7 Å². The highest BCUT2D eigenvalue weighted by Crippen LogP contribution is 2.27. The summed E-state index contributed by atoms with van der Waals surface area (Å²) in [6.45, 7) is 4.32. The number of halogens is 3. The molecule has 0 unspecified atom stereocenters. The summed E-state index contributed by atoms with van der Waals surface area (Å²) < 4.78 is 38.3. The molecule has 140 valence electrons. The maximum atomic E-state index is 13.7. The van der Waals surface area contributed by atoms with E-state index in [1.807, 2.05) is 13.8 Å². The summed E-state index contributed by atoms with van der Waals surface area (Å²) in [4.78, 5) is 8.60. The van der Waals surface area contributed by atoms with Crippen LogP contribution in [0.5, 0.6) is 0 Å². The molecule has 1 saturated heterocycles. The average molecular weight is 401 g/mol. The Balaban J connectivity index is 1.61. The number of hydrogen-bond acceptors (Lipinski definition) is 5. The van der Waals surface area contributed by atoms with Crippen LogP contribution >= 0.6 is 23.4 Å². The molecule has 1 aliphatic heterocycles. The van der Waals surface area contributed by atoms with Crippen LogP contribution in [0.15, 0.2) is 29.4 Å². The van der Waals surface area contributed by atoms with Gasteiger partial charge in [0.1, 0.15) is 5.15 Å². The van der Waals surface area contributed by atoms with Crippen molar-refractivity contribution in [1.29, 1.82) is 0 Å². The first-order chi connectivity index (χ1) is 12.3. The summed E-state index contributed by atoms with van der Waals surface area (Å²) in [5, 5.41) is 0.751. The maximum Gasteiger partial charge on any atom is 0.189 e. The lowest BCUT2D eigenvalue weighted by molar-refractivity contribution is -0.138. The Morgan fingerprint density at radius 1 is 1.31 bits per heavy atom. The summed E-state index contributed by atoms with van der Waals surface area (Å²) in [5.41, 5.74) is 1.04. The fraction of sp³-hybridized carbons (Fsp3) is 0.444. The Kier molecular flexibility index (Phi) is 6.12. The van der Waals surface area contributed by atoms with Crippen molar-refractivity contribution in [3.63, 3.8) is 0 Å². The zero-order valence-electron chi connectivity index (χ0n) is 14.5. The summed E-state index contributed by atoms with van der Waals surface area (Å²) in [5.74, 6) is -2.04. The van der Waals surface area contributed by atoms with Crippen LogP contribution in [0.1, 0.15) is 31.5 Å². The third-order valence-corrected chi connectivity index (χ3v) is 5.00. The lowest BCUT2D eigenvalue weighted by Gasteiger charge is -2.17. The molecule has 0 radical (unpaired) electrons. The number of thioether (sulfide) groups is 1. The molecule has 0 saturated carbocycles. The molecule has 3 rings (SSSR count). The molecule has 1 aromatic heterocycles. The van der Waals surface area contributed by atoms with E-state index in [0.717, 1.165) is 18.2 Å². The van der Waals surface area contributed by atoms with Gasteiger partial charge in [0, 0.05) is 17.0 Å². The van der Waals surface area contributed by atoms with Crippen LogP contribution in [0.4, 0.5) is 8.78 Å². The van der Waals surface area contributed by atoms with E-state index < -0.39 is 17.4 Å². The highest BCUT2D eigenvalue weighted by Gasteiger charge is 2.32. The minimum absolute atomic E-state index is 0.0104. The number of rotatable bonds is 6. The Hall–Kier alpha value is -1.28. The first-order valence-corrected chi connectivity index (χ1v) is 9.60. The Bertz CT molecular complexity index is 792. The molecule has 1 fully saturated rings. The number of hydrogen-bond donors (Lipinski definition) is 0. The van der Waals surface area contributed by atoms with E-state index >= 15 is 0 Å². The topological polar surface area (TPSA) is 44.2 Å². The van der Waals surface area contributed by atoms with Crippen molar-refractivity contribution in [2.75, 3.05) is 6.61 Å². The van der Waals surface area contributed by atoms with Crippen LogP contribution < -0.4 is 0 Å². The van der Waals surface area contributed by atoms with E-state index in [-0.39, 0.29) is 17.4 Å². The van der Waals surface area contributed by atoms with Crippen molar-refractivity contribution < 1.29 is 18.3 Å². The molecule has 0 bridgehead atoms. The Labute approximate surface area is 160 Å². The second-order valence-electron chi connectivity index (χ2n) is 6.46. The molecule has 0 spiro atoms. The van der Waals surface area contributed by atoms with E-state index in [0.29, 0.717) is 23.3 Å². The van der Waals surface area contributed by atoms with Gasteiger partial charge in [-0.3, -0.25) is 0 Å². The molecule has 26 heavy (non-hydrogen) atoms. The standard InChI is InChI=1S/C18H19ClF2N2O2S/c1-18(2)24-9-13(25-18)7-6-12-8-15(19)23-17(22-12)26-10-11-4-3-5-14(20)16(11)21/h3-5,8,13H,6-7,9-10H2,1-2H3/t13-/m1/s1. The van der Waals surface area contributed by atoms with E-state index in [4.69, 9.17) is 21.1 Å². The Morgan fingerprint density at radius 3 is 2.85 bits per heavy atom. The van der Waals surface area contributed by atoms with Crippen LogP contribution in [0.3, 0.4) is 0 Å². The molecule has 1 aromatic carbocycles.